The summed E-state index contributed by atoms with van der Waals surface area (Å²) < 4.78 is 0. The number of benzene rings is 1. The molecule has 0 aromatic heterocycles. The van der Waals surface area contributed by atoms with Gasteiger partial charge in [0.25, 0.3) is 0 Å². The van der Waals surface area contributed by atoms with E-state index in [0.29, 0.717) is 11.8 Å². The van der Waals surface area contributed by atoms with Crippen molar-refractivity contribution >= 4 is 21.6 Å². The van der Waals surface area contributed by atoms with Gasteiger partial charge < -0.3 is 20.4 Å². The molecule has 5 heteroatoms. The van der Waals surface area contributed by atoms with Crippen LogP contribution in [0.25, 0.3) is 0 Å². The molecule has 4 nitrogen and oxygen atoms in total. The lowest BCUT2D eigenvalue weighted by atomic mass is 10.0. The molecule has 0 spiro atoms. The van der Waals surface area contributed by atoms with Crippen LogP contribution < -0.4 is 10.2 Å². The second-order valence-electron chi connectivity index (χ2n) is 4.82. The number of anilines is 1. The fourth-order valence-corrected chi connectivity index (χ4v) is 2.77. The van der Waals surface area contributed by atoms with Gasteiger partial charge >= 0.3 is 0 Å². The first-order chi connectivity index (χ1) is 9.22. The van der Waals surface area contributed by atoms with Gasteiger partial charge in [-0.05, 0) is 24.1 Å². The first-order valence-electron chi connectivity index (χ1n) is 6.70. The molecule has 2 atom stereocenters. The third-order valence-electron chi connectivity index (χ3n) is 3.49. The predicted molar refractivity (Wildman–Crippen MR) is 80.9 cm³/mol. The SMILES string of the molecule is OC(CCBr)C(O)c1ccc(N2CCNCC2)cc1. The van der Waals surface area contributed by atoms with Gasteiger partial charge in [-0.1, -0.05) is 28.1 Å². The van der Waals surface area contributed by atoms with Crippen molar-refractivity contribution in [3.63, 3.8) is 0 Å². The molecule has 1 saturated heterocycles. The molecule has 0 amide bonds. The molecule has 1 aliphatic heterocycles. The Kier molecular flexibility index (Phi) is 5.63. The number of aliphatic hydroxyl groups is 2. The highest BCUT2D eigenvalue weighted by molar-refractivity contribution is 9.09. The number of nitrogens with one attached hydrogen (secondary N) is 1. The fraction of sp³-hybridized carbons (Fsp3) is 0.571. The molecule has 1 heterocycles. The van der Waals surface area contributed by atoms with Gasteiger partial charge in [0.05, 0.1) is 6.10 Å². The van der Waals surface area contributed by atoms with Crippen LogP contribution in [0.15, 0.2) is 24.3 Å². The Morgan fingerprint density at radius 3 is 2.37 bits per heavy atom. The van der Waals surface area contributed by atoms with Crippen LogP contribution in [-0.2, 0) is 0 Å². The molecule has 1 aromatic carbocycles. The lowest BCUT2D eigenvalue weighted by Crippen LogP contribution is -2.43. The molecule has 0 radical (unpaired) electrons. The monoisotopic (exact) mass is 328 g/mol. The third kappa shape index (κ3) is 3.92. The molecule has 1 aliphatic rings. The normalized spacial score (nSPS) is 19.2. The molecular formula is C14H21BrN2O2. The maximum atomic E-state index is 10.0. The van der Waals surface area contributed by atoms with Gasteiger partial charge in [0.15, 0.2) is 0 Å². The standard InChI is InChI=1S/C14H21BrN2O2/c15-6-5-13(18)14(19)11-1-3-12(4-2-11)17-9-7-16-8-10-17/h1-4,13-14,16,18-19H,5-10H2. The van der Waals surface area contributed by atoms with Gasteiger partial charge in [-0.25, -0.2) is 0 Å². The predicted octanol–water partition coefficient (Wildman–Crippen LogP) is 1.28. The quantitative estimate of drug-likeness (QED) is 0.713. The molecule has 2 rings (SSSR count). The number of rotatable bonds is 5. The summed E-state index contributed by atoms with van der Waals surface area (Å²) >= 11 is 3.27. The van der Waals surface area contributed by atoms with Crippen molar-refractivity contribution in [1.29, 1.82) is 0 Å². The van der Waals surface area contributed by atoms with E-state index in [9.17, 15) is 10.2 Å². The van der Waals surface area contributed by atoms with Crippen molar-refractivity contribution in [3.8, 4) is 0 Å². The minimum absolute atomic E-state index is 0.542. The van der Waals surface area contributed by atoms with Gasteiger partial charge in [-0.2, -0.15) is 0 Å². The van der Waals surface area contributed by atoms with Crippen molar-refractivity contribution < 1.29 is 10.2 Å². The second-order valence-corrected chi connectivity index (χ2v) is 5.61. The molecule has 2 unspecified atom stereocenters. The Bertz CT molecular complexity index is 380. The van der Waals surface area contributed by atoms with Crippen LogP contribution in [-0.4, -0.2) is 47.8 Å². The van der Waals surface area contributed by atoms with Crippen LogP contribution >= 0.6 is 15.9 Å². The van der Waals surface area contributed by atoms with Crippen LogP contribution in [0.3, 0.4) is 0 Å². The van der Waals surface area contributed by atoms with Crippen molar-refractivity contribution in [3.05, 3.63) is 29.8 Å². The van der Waals surface area contributed by atoms with Gasteiger partial charge in [0.1, 0.15) is 6.10 Å². The molecular weight excluding hydrogens is 308 g/mol. The van der Waals surface area contributed by atoms with E-state index in [1.165, 1.54) is 5.69 Å². The molecule has 19 heavy (non-hydrogen) atoms. The molecule has 0 aliphatic carbocycles. The second kappa shape index (κ2) is 7.24. The number of piperazine rings is 1. The summed E-state index contributed by atoms with van der Waals surface area (Å²) in [5, 5.41) is 23.8. The van der Waals surface area contributed by atoms with Crippen LogP contribution in [0.2, 0.25) is 0 Å². The van der Waals surface area contributed by atoms with E-state index < -0.39 is 12.2 Å². The fourth-order valence-electron chi connectivity index (χ4n) is 2.30. The first-order valence-corrected chi connectivity index (χ1v) is 7.82. The van der Waals surface area contributed by atoms with E-state index in [-0.39, 0.29) is 0 Å². The number of nitrogens with zero attached hydrogens (tertiary/aromatic N) is 1. The molecule has 106 valence electrons. The summed E-state index contributed by atoms with van der Waals surface area (Å²) in [6.07, 6.45) is -0.986. The zero-order chi connectivity index (χ0) is 13.7. The van der Waals surface area contributed by atoms with Gasteiger partial charge in [0, 0.05) is 37.2 Å². The summed E-state index contributed by atoms with van der Waals surface area (Å²) in [5.41, 5.74) is 1.94. The van der Waals surface area contributed by atoms with Crippen LogP contribution in [0.1, 0.15) is 18.1 Å². The highest BCUT2D eigenvalue weighted by Gasteiger charge is 2.18. The lowest BCUT2D eigenvalue weighted by Gasteiger charge is -2.29. The van der Waals surface area contributed by atoms with Gasteiger partial charge in [0.2, 0.25) is 0 Å². The van der Waals surface area contributed by atoms with E-state index in [4.69, 9.17) is 0 Å². The minimum atomic E-state index is -0.811. The zero-order valence-electron chi connectivity index (χ0n) is 10.9. The molecule has 0 saturated carbocycles. The zero-order valence-corrected chi connectivity index (χ0v) is 12.5. The van der Waals surface area contributed by atoms with Crippen molar-refractivity contribution in [2.45, 2.75) is 18.6 Å². The van der Waals surface area contributed by atoms with Crippen LogP contribution in [0.5, 0.6) is 0 Å². The first kappa shape index (κ1) is 14.8. The summed E-state index contributed by atoms with van der Waals surface area (Å²) in [6.45, 7) is 4.03. The lowest BCUT2D eigenvalue weighted by molar-refractivity contribution is 0.0174. The summed E-state index contributed by atoms with van der Waals surface area (Å²) in [7, 11) is 0. The van der Waals surface area contributed by atoms with Crippen LogP contribution in [0.4, 0.5) is 5.69 Å². The van der Waals surface area contributed by atoms with E-state index >= 15 is 0 Å². The van der Waals surface area contributed by atoms with Crippen LogP contribution in [0, 0.1) is 0 Å². The van der Waals surface area contributed by atoms with Gasteiger partial charge in [-0.3, -0.25) is 0 Å². The third-order valence-corrected chi connectivity index (χ3v) is 3.94. The number of hydrogen-bond donors (Lipinski definition) is 3. The van der Waals surface area contributed by atoms with E-state index in [1.54, 1.807) is 0 Å². The number of aliphatic hydroxyl groups excluding tert-OH is 2. The van der Waals surface area contributed by atoms with E-state index in [1.807, 2.05) is 24.3 Å². The molecule has 1 fully saturated rings. The highest BCUT2D eigenvalue weighted by atomic mass is 79.9. The Morgan fingerprint density at radius 1 is 1.16 bits per heavy atom. The Labute approximate surface area is 122 Å². The molecule has 1 aromatic rings. The average molecular weight is 329 g/mol. The van der Waals surface area contributed by atoms with Crippen molar-refractivity contribution in [2.75, 3.05) is 36.4 Å². The highest BCUT2D eigenvalue weighted by Crippen LogP contribution is 2.23. The summed E-state index contributed by atoms with van der Waals surface area (Å²) in [6, 6.07) is 7.84. The Morgan fingerprint density at radius 2 is 1.79 bits per heavy atom. The summed E-state index contributed by atoms with van der Waals surface area (Å²) in [4.78, 5) is 2.32. The summed E-state index contributed by atoms with van der Waals surface area (Å²) in [5.74, 6) is 0. The molecule has 3 N–H and O–H groups in total. The average Bonchev–Trinajstić information content (AvgIpc) is 2.48. The van der Waals surface area contributed by atoms with Crippen molar-refractivity contribution in [2.24, 2.45) is 0 Å². The van der Waals surface area contributed by atoms with E-state index in [0.717, 1.165) is 31.7 Å². The Balaban J connectivity index is 2.01. The van der Waals surface area contributed by atoms with Gasteiger partial charge in [-0.15, -0.1) is 0 Å². The maximum absolute atomic E-state index is 10.0. The number of alkyl halides is 1. The Hall–Kier alpha value is -0.620. The topological polar surface area (TPSA) is 55.7 Å². The minimum Gasteiger partial charge on any atom is -0.390 e. The van der Waals surface area contributed by atoms with Crippen molar-refractivity contribution in [1.82, 2.24) is 5.32 Å². The smallest absolute Gasteiger partial charge is 0.105 e. The van der Waals surface area contributed by atoms with E-state index in [2.05, 4.69) is 26.1 Å². The number of halogens is 1. The maximum Gasteiger partial charge on any atom is 0.105 e. The number of hydrogen-bond acceptors (Lipinski definition) is 4. The largest absolute Gasteiger partial charge is 0.390 e. The molecule has 0 bridgehead atoms.